The molecule has 0 bridgehead atoms. The first kappa shape index (κ1) is 37.4. The first-order valence-electron chi connectivity index (χ1n) is 17.2. The molecule has 2 N–H and O–H groups in total. The Balaban J connectivity index is 2.83. The van der Waals surface area contributed by atoms with Crippen LogP contribution in [0.3, 0.4) is 0 Å². The standard InChI is InChI=1S/C36H67O3P/c1-30(2)22-16-10-7-13-19-25-33-28-29-36(39-40(37)38)35(27-21-15-9-12-18-24-32(5)6)34(33)26-20-14-8-11-17-23-31(3)4/h28-32,37-38H,7-27H2,1-6H3. The molecule has 234 valence electrons. The molecule has 0 aliphatic heterocycles. The van der Waals surface area contributed by atoms with Gasteiger partial charge in [-0.3, -0.25) is 0 Å². The summed E-state index contributed by atoms with van der Waals surface area (Å²) in [5, 5.41) is 0. The Hall–Kier alpha value is -0.630. The largest absolute Gasteiger partial charge is 0.427 e. The van der Waals surface area contributed by atoms with Gasteiger partial charge in [0.25, 0.3) is 0 Å². The molecule has 0 spiro atoms. The summed E-state index contributed by atoms with van der Waals surface area (Å²) in [6, 6.07) is 4.24. The zero-order valence-corrected chi connectivity index (χ0v) is 28.4. The smallest absolute Gasteiger partial charge is 0.391 e. The molecule has 1 aromatic rings. The fraction of sp³-hybridized carbons (Fsp3) is 0.833. The van der Waals surface area contributed by atoms with Crippen molar-refractivity contribution in [1.82, 2.24) is 0 Å². The van der Waals surface area contributed by atoms with Gasteiger partial charge in [0.1, 0.15) is 5.75 Å². The molecule has 0 atom stereocenters. The van der Waals surface area contributed by atoms with E-state index < -0.39 is 8.60 Å². The van der Waals surface area contributed by atoms with Gasteiger partial charge in [0, 0.05) is 0 Å². The summed E-state index contributed by atoms with van der Waals surface area (Å²) < 4.78 is 5.61. The lowest BCUT2D eigenvalue weighted by atomic mass is 9.89. The number of rotatable bonds is 26. The third-order valence-corrected chi connectivity index (χ3v) is 8.67. The second kappa shape index (κ2) is 23.9. The zero-order chi connectivity index (χ0) is 29.6. The van der Waals surface area contributed by atoms with Crippen LogP contribution in [-0.4, -0.2) is 9.79 Å². The number of hydrogen-bond acceptors (Lipinski definition) is 3. The minimum absolute atomic E-state index is 0.709. The third-order valence-electron chi connectivity index (χ3n) is 8.31. The monoisotopic (exact) mass is 578 g/mol. The second-order valence-corrected chi connectivity index (χ2v) is 14.3. The second-order valence-electron chi connectivity index (χ2n) is 13.6. The van der Waals surface area contributed by atoms with Crippen LogP contribution in [0.25, 0.3) is 0 Å². The van der Waals surface area contributed by atoms with Crippen molar-refractivity contribution in [3.05, 3.63) is 28.8 Å². The van der Waals surface area contributed by atoms with E-state index in [-0.39, 0.29) is 0 Å². The molecule has 1 aromatic carbocycles. The van der Waals surface area contributed by atoms with Crippen LogP contribution in [0, 0.1) is 17.8 Å². The van der Waals surface area contributed by atoms with Crippen LogP contribution in [0.5, 0.6) is 5.75 Å². The molecule has 3 nitrogen and oxygen atoms in total. The Bertz CT molecular complexity index is 729. The highest BCUT2D eigenvalue weighted by molar-refractivity contribution is 7.39. The van der Waals surface area contributed by atoms with Gasteiger partial charge in [-0.05, 0) is 79.0 Å². The Morgan fingerprint density at radius 2 is 0.875 bits per heavy atom. The Kier molecular flexibility index (Phi) is 22.3. The lowest BCUT2D eigenvalue weighted by molar-refractivity contribution is 0.372. The molecule has 0 amide bonds. The predicted octanol–water partition coefficient (Wildman–Crippen LogP) is 11.9. The number of aryl methyl sites for hydroxylation is 1. The van der Waals surface area contributed by atoms with E-state index >= 15 is 0 Å². The molecule has 40 heavy (non-hydrogen) atoms. The fourth-order valence-electron chi connectivity index (χ4n) is 5.88. The van der Waals surface area contributed by atoms with Crippen molar-refractivity contribution >= 4 is 8.60 Å². The highest BCUT2D eigenvalue weighted by Gasteiger charge is 2.17. The minimum atomic E-state index is -2.40. The van der Waals surface area contributed by atoms with Crippen molar-refractivity contribution in [3.63, 3.8) is 0 Å². The Labute approximate surface area is 251 Å². The van der Waals surface area contributed by atoms with Crippen LogP contribution < -0.4 is 4.52 Å². The summed E-state index contributed by atoms with van der Waals surface area (Å²) in [7, 11) is -2.40. The molecular weight excluding hydrogens is 511 g/mol. The van der Waals surface area contributed by atoms with Crippen LogP contribution in [0.15, 0.2) is 12.1 Å². The Morgan fingerprint density at radius 1 is 0.500 bits per heavy atom. The van der Waals surface area contributed by atoms with Gasteiger partial charge in [-0.1, -0.05) is 144 Å². The maximum atomic E-state index is 9.72. The quantitative estimate of drug-likeness (QED) is 0.0849. The maximum absolute atomic E-state index is 9.72. The lowest BCUT2D eigenvalue weighted by Gasteiger charge is -2.20. The SMILES string of the molecule is CC(C)CCCCCCCc1ccc(OP(O)O)c(CCCCCCCC(C)C)c1CCCCCCCC(C)C. The molecule has 0 aromatic heterocycles. The maximum Gasteiger partial charge on any atom is 0.391 e. The highest BCUT2D eigenvalue weighted by atomic mass is 31.2. The molecule has 0 fully saturated rings. The number of unbranched alkanes of at least 4 members (excludes halogenated alkanes) is 12. The Morgan fingerprint density at radius 3 is 1.30 bits per heavy atom. The fourth-order valence-corrected chi connectivity index (χ4v) is 6.23. The van der Waals surface area contributed by atoms with Gasteiger partial charge in [-0.25, -0.2) is 0 Å². The number of benzene rings is 1. The van der Waals surface area contributed by atoms with Gasteiger partial charge in [-0.15, -0.1) is 0 Å². The van der Waals surface area contributed by atoms with E-state index in [9.17, 15) is 9.79 Å². The molecule has 0 saturated heterocycles. The summed E-state index contributed by atoms with van der Waals surface area (Å²) >= 11 is 0. The summed E-state index contributed by atoms with van der Waals surface area (Å²) in [5.74, 6) is 3.13. The van der Waals surface area contributed by atoms with Crippen molar-refractivity contribution in [1.29, 1.82) is 0 Å². The van der Waals surface area contributed by atoms with E-state index in [0.29, 0.717) is 5.75 Å². The summed E-state index contributed by atoms with van der Waals surface area (Å²) in [6.07, 6.45) is 26.6. The van der Waals surface area contributed by atoms with E-state index in [1.807, 2.05) is 6.07 Å². The van der Waals surface area contributed by atoms with Crippen molar-refractivity contribution < 1.29 is 14.3 Å². The van der Waals surface area contributed by atoms with Gasteiger partial charge >= 0.3 is 8.60 Å². The molecule has 4 heteroatoms. The predicted molar refractivity (Wildman–Crippen MR) is 177 cm³/mol. The van der Waals surface area contributed by atoms with Crippen LogP contribution in [-0.2, 0) is 19.3 Å². The molecular formula is C36H67O3P. The summed E-state index contributed by atoms with van der Waals surface area (Å²) in [6.45, 7) is 13.9. The minimum Gasteiger partial charge on any atom is -0.427 e. The summed E-state index contributed by atoms with van der Waals surface area (Å²) in [5.41, 5.74) is 4.18. The molecule has 0 aliphatic rings. The third kappa shape index (κ3) is 19.5. The van der Waals surface area contributed by atoms with Crippen LogP contribution in [0.2, 0.25) is 0 Å². The van der Waals surface area contributed by atoms with Gasteiger partial charge in [0.15, 0.2) is 0 Å². The van der Waals surface area contributed by atoms with Crippen molar-refractivity contribution in [2.75, 3.05) is 0 Å². The average molecular weight is 579 g/mol. The molecule has 1 rings (SSSR count). The first-order valence-corrected chi connectivity index (χ1v) is 18.4. The van der Waals surface area contributed by atoms with Crippen molar-refractivity contribution in [2.24, 2.45) is 17.8 Å². The lowest BCUT2D eigenvalue weighted by Crippen LogP contribution is -2.05. The molecule has 0 heterocycles. The number of hydrogen-bond donors (Lipinski definition) is 2. The molecule has 0 aliphatic carbocycles. The molecule has 0 saturated carbocycles. The van der Waals surface area contributed by atoms with Crippen LogP contribution in [0.1, 0.15) is 174 Å². The highest BCUT2D eigenvalue weighted by Crippen LogP contribution is 2.37. The zero-order valence-electron chi connectivity index (χ0n) is 27.5. The van der Waals surface area contributed by atoms with E-state index in [1.54, 1.807) is 0 Å². The molecule has 0 radical (unpaired) electrons. The normalized spacial score (nSPS) is 12.0. The summed E-state index contributed by atoms with van der Waals surface area (Å²) in [4.78, 5) is 19.4. The first-order chi connectivity index (χ1) is 19.2. The van der Waals surface area contributed by atoms with Crippen molar-refractivity contribution in [2.45, 2.75) is 176 Å². The average Bonchev–Trinajstić information content (AvgIpc) is 2.87. The topological polar surface area (TPSA) is 49.7 Å². The van der Waals surface area contributed by atoms with E-state index in [1.165, 1.54) is 126 Å². The van der Waals surface area contributed by atoms with E-state index in [4.69, 9.17) is 4.52 Å². The van der Waals surface area contributed by atoms with E-state index in [2.05, 4.69) is 47.6 Å². The molecule has 0 unspecified atom stereocenters. The van der Waals surface area contributed by atoms with Crippen LogP contribution >= 0.6 is 8.60 Å². The van der Waals surface area contributed by atoms with E-state index in [0.717, 1.165) is 43.4 Å². The van der Waals surface area contributed by atoms with Gasteiger partial charge < -0.3 is 14.3 Å². The van der Waals surface area contributed by atoms with Gasteiger partial charge in [0.05, 0.1) is 0 Å². The van der Waals surface area contributed by atoms with Crippen LogP contribution in [0.4, 0.5) is 0 Å². The van der Waals surface area contributed by atoms with Gasteiger partial charge in [0.2, 0.25) is 0 Å². The van der Waals surface area contributed by atoms with Crippen molar-refractivity contribution in [3.8, 4) is 5.75 Å². The van der Waals surface area contributed by atoms with Gasteiger partial charge in [-0.2, -0.15) is 0 Å².